The van der Waals surface area contributed by atoms with E-state index in [4.69, 9.17) is 4.74 Å². The molecule has 0 saturated carbocycles. The van der Waals surface area contributed by atoms with Gasteiger partial charge in [0.15, 0.2) is 0 Å². The van der Waals surface area contributed by atoms with Gasteiger partial charge in [-0.2, -0.15) is 5.10 Å². The topological polar surface area (TPSA) is 47.3 Å². The second kappa shape index (κ2) is 4.82. The highest BCUT2D eigenvalue weighted by Crippen LogP contribution is 2.32. The summed E-state index contributed by atoms with van der Waals surface area (Å²) in [5, 5.41) is 14.7. The standard InChI is InChI=1S/C14H18N2O2/c1-9-5-7-11(8-6-9)13(17)12-10(2)15-16(3)14(12)18-4/h5-8,13,17H,1-4H3. The monoisotopic (exact) mass is 246 g/mol. The molecule has 1 atom stereocenters. The predicted octanol–water partition coefficient (Wildman–Crippen LogP) is 2.13. The van der Waals surface area contributed by atoms with Gasteiger partial charge in [0.1, 0.15) is 6.10 Å². The van der Waals surface area contributed by atoms with Gasteiger partial charge in [-0.1, -0.05) is 29.8 Å². The maximum Gasteiger partial charge on any atom is 0.217 e. The minimum absolute atomic E-state index is 0.598. The van der Waals surface area contributed by atoms with Gasteiger partial charge in [-0.3, -0.25) is 0 Å². The molecule has 1 N–H and O–H groups in total. The number of methoxy groups -OCH3 is 1. The molecule has 96 valence electrons. The Morgan fingerprint density at radius 3 is 2.39 bits per heavy atom. The van der Waals surface area contributed by atoms with Crippen molar-refractivity contribution in [2.75, 3.05) is 7.11 Å². The lowest BCUT2D eigenvalue weighted by Crippen LogP contribution is -2.03. The SMILES string of the molecule is COc1c(C(O)c2ccc(C)cc2)c(C)nn1C. The van der Waals surface area contributed by atoms with E-state index >= 15 is 0 Å². The second-order valence-electron chi connectivity index (χ2n) is 4.45. The number of benzene rings is 1. The van der Waals surface area contributed by atoms with E-state index in [9.17, 15) is 5.11 Å². The zero-order chi connectivity index (χ0) is 13.3. The average Bonchev–Trinajstić information content (AvgIpc) is 2.63. The Hall–Kier alpha value is -1.81. The molecule has 1 aromatic carbocycles. The summed E-state index contributed by atoms with van der Waals surface area (Å²) >= 11 is 0. The molecule has 1 unspecified atom stereocenters. The lowest BCUT2D eigenvalue weighted by atomic mass is 10.0. The van der Waals surface area contributed by atoms with E-state index < -0.39 is 6.10 Å². The Morgan fingerprint density at radius 2 is 1.83 bits per heavy atom. The van der Waals surface area contributed by atoms with Crippen molar-refractivity contribution in [3.8, 4) is 5.88 Å². The highest BCUT2D eigenvalue weighted by molar-refractivity contribution is 5.39. The molecule has 4 heteroatoms. The molecule has 0 radical (unpaired) electrons. The molecule has 2 rings (SSSR count). The van der Waals surface area contributed by atoms with Crippen LogP contribution in [0.4, 0.5) is 0 Å². The number of aliphatic hydroxyl groups excluding tert-OH is 1. The Kier molecular flexibility index (Phi) is 3.39. The fraction of sp³-hybridized carbons (Fsp3) is 0.357. The molecule has 4 nitrogen and oxygen atoms in total. The van der Waals surface area contributed by atoms with Crippen LogP contribution in [0.2, 0.25) is 0 Å². The van der Waals surface area contributed by atoms with Gasteiger partial charge in [-0.25, -0.2) is 4.68 Å². The molecule has 0 aliphatic rings. The Morgan fingerprint density at radius 1 is 1.22 bits per heavy atom. The maximum absolute atomic E-state index is 10.5. The van der Waals surface area contributed by atoms with Crippen LogP contribution in [0.5, 0.6) is 5.88 Å². The lowest BCUT2D eigenvalue weighted by Gasteiger charge is -2.13. The number of aromatic nitrogens is 2. The fourth-order valence-corrected chi connectivity index (χ4v) is 2.13. The Balaban J connectivity index is 2.45. The van der Waals surface area contributed by atoms with Crippen LogP contribution < -0.4 is 4.74 Å². The normalized spacial score (nSPS) is 12.5. The van der Waals surface area contributed by atoms with Crippen LogP contribution in [-0.2, 0) is 7.05 Å². The molecule has 0 saturated heterocycles. The van der Waals surface area contributed by atoms with E-state index in [0.717, 1.165) is 16.8 Å². The summed E-state index contributed by atoms with van der Waals surface area (Å²) in [5.74, 6) is 0.598. The summed E-state index contributed by atoms with van der Waals surface area (Å²) in [4.78, 5) is 0. The third kappa shape index (κ3) is 2.11. The van der Waals surface area contributed by atoms with Gasteiger partial charge in [0.05, 0.1) is 18.4 Å². The van der Waals surface area contributed by atoms with E-state index in [1.54, 1.807) is 18.8 Å². The van der Waals surface area contributed by atoms with E-state index in [1.165, 1.54) is 5.56 Å². The van der Waals surface area contributed by atoms with Gasteiger partial charge in [0.2, 0.25) is 5.88 Å². The van der Waals surface area contributed by atoms with Crippen molar-refractivity contribution in [1.29, 1.82) is 0 Å². The lowest BCUT2D eigenvalue weighted by molar-refractivity contribution is 0.213. The first-order chi connectivity index (χ1) is 8.54. The van der Waals surface area contributed by atoms with Crippen LogP contribution in [0.15, 0.2) is 24.3 Å². The molecule has 0 spiro atoms. The molecule has 2 aromatic rings. The number of nitrogens with zero attached hydrogens (tertiary/aromatic N) is 2. The fourth-order valence-electron chi connectivity index (χ4n) is 2.13. The second-order valence-corrected chi connectivity index (χ2v) is 4.45. The molecule has 1 heterocycles. The molecular formula is C14H18N2O2. The zero-order valence-electron chi connectivity index (χ0n) is 11.1. The van der Waals surface area contributed by atoms with Crippen LogP contribution in [0.3, 0.4) is 0 Å². The molecule has 18 heavy (non-hydrogen) atoms. The van der Waals surface area contributed by atoms with Gasteiger partial charge in [0.25, 0.3) is 0 Å². The van der Waals surface area contributed by atoms with Crippen molar-refractivity contribution >= 4 is 0 Å². The number of hydrogen-bond acceptors (Lipinski definition) is 3. The Bertz CT molecular complexity index is 544. The van der Waals surface area contributed by atoms with Gasteiger partial charge in [-0.15, -0.1) is 0 Å². The molecular weight excluding hydrogens is 228 g/mol. The average molecular weight is 246 g/mol. The summed E-state index contributed by atoms with van der Waals surface area (Å²) in [6.45, 7) is 3.89. The molecule has 0 fully saturated rings. The van der Waals surface area contributed by atoms with E-state index in [-0.39, 0.29) is 0 Å². The minimum Gasteiger partial charge on any atom is -0.481 e. The van der Waals surface area contributed by atoms with E-state index in [1.807, 2.05) is 38.1 Å². The van der Waals surface area contributed by atoms with Crippen LogP contribution in [0.25, 0.3) is 0 Å². The highest BCUT2D eigenvalue weighted by atomic mass is 16.5. The predicted molar refractivity (Wildman–Crippen MR) is 69.7 cm³/mol. The third-order valence-electron chi connectivity index (χ3n) is 3.07. The van der Waals surface area contributed by atoms with Gasteiger partial charge < -0.3 is 9.84 Å². The van der Waals surface area contributed by atoms with Crippen LogP contribution in [-0.4, -0.2) is 22.0 Å². The number of rotatable bonds is 3. The largest absolute Gasteiger partial charge is 0.481 e. The van der Waals surface area contributed by atoms with Crippen molar-refractivity contribution < 1.29 is 9.84 Å². The molecule has 0 aliphatic heterocycles. The number of aliphatic hydroxyl groups is 1. The first-order valence-corrected chi connectivity index (χ1v) is 5.86. The van der Waals surface area contributed by atoms with Crippen LogP contribution in [0.1, 0.15) is 28.5 Å². The van der Waals surface area contributed by atoms with Gasteiger partial charge in [0, 0.05) is 7.05 Å². The summed E-state index contributed by atoms with van der Waals surface area (Å²) in [7, 11) is 3.39. The van der Waals surface area contributed by atoms with E-state index in [2.05, 4.69) is 5.10 Å². The molecule has 1 aromatic heterocycles. The molecule has 0 aliphatic carbocycles. The summed E-state index contributed by atoms with van der Waals surface area (Å²) < 4.78 is 6.94. The summed E-state index contributed by atoms with van der Waals surface area (Å²) in [5.41, 5.74) is 3.52. The smallest absolute Gasteiger partial charge is 0.217 e. The first kappa shape index (κ1) is 12.6. The quantitative estimate of drug-likeness (QED) is 0.902. The van der Waals surface area contributed by atoms with Crippen molar-refractivity contribution in [1.82, 2.24) is 9.78 Å². The zero-order valence-corrected chi connectivity index (χ0v) is 11.1. The van der Waals surface area contributed by atoms with Crippen LogP contribution in [0, 0.1) is 13.8 Å². The summed E-state index contributed by atoms with van der Waals surface area (Å²) in [6, 6.07) is 7.81. The highest BCUT2D eigenvalue weighted by Gasteiger charge is 2.22. The van der Waals surface area contributed by atoms with E-state index in [0.29, 0.717) is 5.88 Å². The third-order valence-corrected chi connectivity index (χ3v) is 3.07. The van der Waals surface area contributed by atoms with Gasteiger partial charge >= 0.3 is 0 Å². The van der Waals surface area contributed by atoms with Crippen LogP contribution >= 0.6 is 0 Å². The van der Waals surface area contributed by atoms with Gasteiger partial charge in [-0.05, 0) is 19.4 Å². The number of ether oxygens (including phenoxy) is 1. The van der Waals surface area contributed by atoms with Crippen molar-refractivity contribution in [3.05, 3.63) is 46.6 Å². The maximum atomic E-state index is 10.5. The number of hydrogen-bond donors (Lipinski definition) is 1. The Labute approximate surface area is 107 Å². The minimum atomic E-state index is -0.714. The number of aryl methyl sites for hydroxylation is 3. The molecule has 0 bridgehead atoms. The van der Waals surface area contributed by atoms with Crippen molar-refractivity contribution in [2.45, 2.75) is 20.0 Å². The van der Waals surface area contributed by atoms with Crippen molar-refractivity contribution in [2.24, 2.45) is 7.05 Å². The summed E-state index contributed by atoms with van der Waals surface area (Å²) in [6.07, 6.45) is -0.714. The van der Waals surface area contributed by atoms with Crippen molar-refractivity contribution in [3.63, 3.8) is 0 Å². The molecule has 0 amide bonds. The first-order valence-electron chi connectivity index (χ1n) is 5.86.